The Balaban J connectivity index is 1.73. The average Bonchev–Trinajstić information content (AvgIpc) is 3.24. The Hall–Kier alpha value is -3.55. The molecule has 130 valence electrons. The summed E-state index contributed by atoms with van der Waals surface area (Å²) < 4.78 is 20.6. The van der Waals surface area contributed by atoms with E-state index in [-0.39, 0.29) is 28.8 Å². The fraction of sp³-hybridized carbons (Fsp3) is 0.111. The van der Waals surface area contributed by atoms with Crippen molar-refractivity contribution in [2.24, 2.45) is 0 Å². The van der Waals surface area contributed by atoms with Gasteiger partial charge in [-0.15, -0.1) is 5.10 Å². The maximum absolute atomic E-state index is 13.9. The minimum Gasteiger partial charge on any atom is -0.382 e. The molecule has 0 unspecified atom stereocenters. The van der Waals surface area contributed by atoms with Gasteiger partial charge in [-0.3, -0.25) is 0 Å². The van der Waals surface area contributed by atoms with E-state index in [1.807, 2.05) is 32.0 Å². The fourth-order valence-electron chi connectivity index (χ4n) is 2.56. The molecular formula is C18H15FN6O. The summed E-state index contributed by atoms with van der Waals surface area (Å²) in [5.41, 5.74) is 9.71. The summed E-state index contributed by atoms with van der Waals surface area (Å²) >= 11 is 0. The topological polar surface area (TPSA) is 95.6 Å². The first-order valence-electron chi connectivity index (χ1n) is 7.92. The average molecular weight is 350 g/mol. The van der Waals surface area contributed by atoms with Crippen LogP contribution in [0.25, 0.3) is 28.7 Å². The lowest BCUT2D eigenvalue weighted by Crippen LogP contribution is -2.03. The molecule has 0 saturated carbocycles. The van der Waals surface area contributed by atoms with E-state index in [0.29, 0.717) is 0 Å². The van der Waals surface area contributed by atoms with Crippen LogP contribution in [0.2, 0.25) is 0 Å². The van der Waals surface area contributed by atoms with Gasteiger partial charge in [0.2, 0.25) is 5.82 Å². The Morgan fingerprint density at radius 2 is 1.88 bits per heavy atom. The van der Waals surface area contributed by atoms with Gasteiger partial charge in [0.1, 0.15) is 5.82 Å². The lowest BCUT2D eigenvalue weighted by atomic mass is 10.1. The van der Waals surface area contributed by atoms with Crippen LogP contribution in [0, 0.1) is 19.7 Å². The van der Waals surface area contributed by atoms with Gasteiger partial charge in [0, 0.05) is 0 Å². The third-order valence-corrected chi connectivity index (χ3v) is 4.18. The zero-order valence-corrected chi connectivity index (χ0v) is 14.1. The van der Waals surface area contributed by atoms with Crippen LogP contribution in [-0.2, 0) is 0 Å². The predicted molar refractivity (Wildman–Crippen MR) is 93.9 cm³/mol. The molecule has 0 fully saturated rings. The Labute approximate surface area is 148 Å². The minimum absolute atomic E-state index is 0.0795. The second kappa shape index (κ2) is 6.07. The van der Waals surface area contributed by atoms with Gasteiger partial charge in [-0.1, -0.05) is 28.6 Å². The van der Waals surface area contributed by atoms with Crippen molar-refractivity contribution in [3.05, 3.63) is 59.4 Å². The molecule has 0 aliphatic heterocycles. The summed E-state index contributed by atoms with van der Waals surface area (Å²) in [4.78, 5) is 4.20. The summed E-state index contributed by atoms with van der Waals surface area (Å²) in [6, 6.07) is 12.0. The van der Waals surface area contributed by atoms with E-state index in [9.17, 15) is 4.39 Å². The zero-order valence-electron chi connectivity index (χ0n) is 14.1. The summed E-state index contributed by atoms with van der Waals surface area (Å²) in [5.74, 6) is 0.0256. The van der Waals surface area contributed by atoms with Gasteiger partial charge in [-0.25, -0.2) is 4.39 Å². The van der Waals surface area contributed by atoms with Crippen LogP contribution >= 0.6 is 0 Å². The van der Waals surface area contributed by atoms with Crippen LogP contribution in [0.4, 0.5) is 10.2 Å². The number of nitrogen functional groups attached to an aromatic ring is 1. The van der Waals surface area contributed by atoms with Gasteiger partial charge in [0.15, 0.2) is 11.5 Å². The Bertz CT molecular complexity index is 1100. The second-order valence-corrected chi connectivity index (χ2v) is 5.91. The quantitative estimate of drug-likeness (QED) is 0.609. The molecule has 4 rings (SSSR count). The van der Waals surface area contributed by atoms with Crippen molar-refractivity contribution >= 4 is 5.82 Å². The van der Waals surface area contributed by atoms with E-state index in [2.05, 4.69) is 20.5 Å². The molecule has 0 aliphatic carbocycles. The van der Waals surface area contributed by atoms with E-state index in [0.717, 1.165) is 11.3 Å². The van der Waals surface area contributed by atoms with E-state index < -0.39 is 5.82 Å². The molecule has 2 N–H and O–H groups in total. The molecular weight excluding hydrogens is 335 g/mol. The normalized spacial score (nSPS) is 11.0. The molecule has 4 aromatic rings. The maximum Gasteiger partial charge on any atom is 0.282 e. The first kappa shape index (κ1) is 15.9. The molecule has 0 atom stereocenters. The molecule has 8 heteroatoms. The molecule has 0 aliphatic rings. The van der Waals surface area contributed by atoms with E-state index in [1.165, 1.54) is 16.3 Å². The van der Waals surface area contributed by atoms with Gasteiger partial charge in [-0.2, -0.15) is 9.67 Å². The van der Waals surface area contributed by atoms with Crippen LogP contribution in [0.15, 0.2) is 47.0 Å². The summed E-state index contributed by atoms with van der Waals surface area (Å²) in [5, 5.41) is 11.9. The van der Waals surface area contributed by atoms with E-state index >= 15 is 0 Å². The lowest BCUT2D eigenvalue weighted by Gasteiger charge is -2.06. The summed E-state index contributed by atoms with van der Waals surface area (Å²) in [7, 11) is 0. The van der Waals surface area contributed by atoms with Crippen LogP contribution in [0.5, 0.6) is 0 Å². The highest BCUT2D eigenvalue weighted by Gasteiger charge is 2.20. The van der Waals surface area contributed by atoms with Crippen LogP contribution in [-0.4, -0.2) is 25.1 Å². The molecule has 0 amide bonds. The van der Waals surface area contributed by atoms with Crippen LogP contribution in [0.1, 0.15) is 11.1 Å². The van der Waals surface area contributed by atoms with Crippen molar-refractivity contribution in [2.75, 3.05) is 5.73 Å². The Morgan fingerprint density at radius 1 is 1.08 bits per heavy atom. The minimum atomic E-state index is -0.438. The van der Waals surface area contributed by atoms with Crippen molar-refractivity contribution < 1.29 is 8.91 Å². The smallest absolute Gasteiger partial charge is 0.282 e. The Morgan fingerprint density at radius 3 is 2.65 bits per heavy atom. The van der Waals surface area contributed by atoms with Crippen molar-refractivity contribution in [3.8, 4) is 28.7 Å². The highest BCUT2D eigenvalue weighted by molar-refractivity contribution is 5.66. The van der Waals surface area contributed by atoms with Crippen molar-refractivity contribution in [3.63, 3.8) is 0 Å². The van der Waals surface area contributed by atoms with Crippen LogP contribution in [0.3, 0.4) is 0 Å². The monoisotopic (exact) mass is 350 g/mol. The van der Waals surface area contributed by atoms with Crippen molar-refractivity contribution in [1.82, 2.24) is 25.1 Å². The molecule has 0 saturated heterocycles. The molecule has 2 aromatic carbocycles. The number of benzene rings is 2. The zero-order chi connectivity index (χ0) is 18.3. The highest BCUT2D eigenvalue weighted by Crippen LogP contribution is 2.27. The Kier molecular flexibility index (Phi) is 3.72. The largest absolute Gasteiger partial charge is 0.382 e. The van der Waals surface area contributed by atoms with Gasteiger partial charge < -0.3 is 10.3 Å². The highest BCUT2D eigenvalue weighted by atomic mass is 19.1. The molecule has 2 aromatic heterocycles. The number of hydrogen-bond acceptors (Lipinski definition) is 6. The standard InChI is InChI=1S/C18H15FN6O/c1-10-7-8-12(9-11(10)2)25-16(20)15(22-24-25)18-21-17(23-26-18)13-5-3-4-6-14(13)19/h3-9H,20H2,1-2H3. The number of aryl methyl sites for hydroxylation is 2. The third-order valence-electron chi connectivity index (χ3n) is 4.18. The third kappa shape index (κ3) is 2.61. The molecule has 7 nitrogen and oxygen atoms in total. The summed E-state index contributed by atoms with van der Waals surface area (Å²) in [6.07, 6.45) is 0. The maximum atomic E-state index is 13.9. The predicted octanol–water partition coefficient (Wildman–Crippen LogP) is 3.32. The van der Waals surface area contributed by atoms with Gasteiger partial charge in [-0.05, 0) is 49.2 Å². The van der Waals surface area contributed by atoms with Crippen LogP contribution < -0.4 is 5.73 Å². The first-order chi connectivity index (χ1) is 12.5. The number of halogens is 1. The molecule has 0 bridgehead atoms. The van der Waals surface area contributed by atoms with Gasteiger partial charge in [0.05, 0.1) is 11.3 Å². The summed E-state index contributed by atoms with van der Waals surface area (Å²) in [6.45, 7) is 4.03. The van der Waals surface area contributed by atoms with E-state index in [1.54, 1.807) is 18.2 Å². The molecule has 0 spiro atoms. The van der Waals surface area contributed by atoms with Gasteiger partial charge >= 0.3 is 0 Å². The molecule has 2 heterocycles. The fourth-order valence-corrected chi connectivity index (χ4v) is 2.56. The van der Waals surface area contributed by atoms with Crippen molar-refractivity contribution in [1.29, 1.82) is 0 Å². The van der Waals surface area contributed by atoms with Crippen molar-refractivity contribution in [2.45, 2.75) is 13.8 Å². The number of anilines is 1. The number of nitrogens with zero attached hydrogens (tertiary/aromatic N) is 5. The lowest BCUT2D eigenvalue weighted by molar-refractivity contribution is 0.430. The number of rotatable bonds is 3. The molecule has 26 heavy (non-hydrogen) atoms. The first-order valence-corrected chi connectivity index (χ1v) is 7.92. The second-order valence-electron chi connectivity index (χ2n) is 5.91. The molecule has 0 radical (unpaired) electrons. The van der Waals surface area contributed by atoms with Gasteiger partial charge in [0.25, 0.3) is 5.89 Å². The SMILES string of the molecule is Cc1ccc(-n2nnc(-c3nc(-c4ccccc4F)no3)c2N)cc1C. The number of nitrogens with two attached hydrogens (primary N) is 1. The number of aromatic nitrogens is 5. The van der Waals surface area contributed by atoms with E-state index in [4.69, 9.17) is 10.3 Å². The number of hydrogen-bond donors (Lipinski definition) is 1.